The van der Waals surface area contributed by atoms with Gasteiger partial charge in [0.05, 0.1) is 21.3 Å². The average molecular weight is 1900 g/mol. The van der Waals surface area contributed by atoms with Crippen molar-refractivity contribution >= 4 is 42.2 Å². The molecule has 14 amide bonds. The Kier molecular flexibility index (Phi) is 45.0. The van der Waals surface area contributed by atoms with E-state index in [0.29, 0.717) is 105 Å². The summed E-state index contributed by atoms with van der Waals surface area (Å²) in [7, 11) is 12.6. The van der Waals surface area contributed by atoms with Gasteiger partial charge in [-0.1, -0.05) is 203 Å². The first kappa shape index (κ1) is 117. The number of likely N-dealkylation sites (N-methyl/N-ethyl adjacent to an activating group) is 2. The number of hydrogen-bond acceptors (Lipinski definition) is 11. The van der Waals surface area contributed by atoms with E-state index in [9.17, 15) is 33.6 Å². The van der Waals surface area contributed by atoms with E-state index in [1.807, 2.05) is 104 Å². The molecule has 774 valence electrons. The molecule has 13 rings (SSSR count). The smallest absolute Gasteiger partial charge is 0.320 e. The van der Waals surface area contributed by atoms with Gasteiger partial charge in [0.2, 0.25) is 0 Å². The normalized spacial score (nSPS) is 25.4. The molecule has 10 fully saturated rings. The van der Waals surface area contributed by atoms with Crippen molar-refractivity contribution in [1.29, 1.82) is 0 Å². The van der Waals surface area contributed by atoms with Crippen molar-refractivity contribution in [3.05, 3.63) is 89.5 Å². The molecule has 0 atom stereocenters. The fourth-order valence-corrected chi connectivity index (χ4v) is 21.5. The predicted molar refractivity (Wildman–Crippen MR) is 558 cm³/mol. The van der Waals surface area contributed by atoms with Crippen LogP contribution in [0.3, 0.4) is 0 Å². The third-order valence-electron chi connectivity index (χ3n) is 27.7. The van der Waals surface area contributed by atoms with Crippen LogP contribution in [0.4, 0.5) is 33.6 Å². The van der Waals surface area contributed by atoms with Crippen molar-refractivity contribution < 1.29 is 47.8 Å². The summed E-state index contributed by atoms with van der Waals surface area (Å²) in [6.07, 6.45) is 28.9. The molecule has 3 aromatic carbocycles. The summed E-state index contributed by atoms with van der Waals surface area (Å²) in [5.74, 6) is 8.97. The quantitative estimate of drug-likeness (QED) is 0.0380. The number of nitrogens with one attached hydrogen (secondary N) is 8. The SMILES string of the molecule is CC(C)(C)CC1CC(NC(N)=O)C1.CC(C)(C)CC1CC(NC(N)=O)C1.CN1CCN(C2CC(CC(C)(C)C)C2)C1=O.CN1CCN(C2CC(CC(C)(C)C)C2)C1=O.CNC1CC(CC(C)(C)C)C1.COc1ccc(CN(C)C(=O)NC2CC(CC(C)(C)C)C2)cc1.COc1ccc(CNC(=O)NC2CC(CC(C)(C)C)C2)cc1.COc1ccc(CNC(=O)NC2CC(CC(C)(C)C)C2)cc1. The molecule has 2 aliphatic heterocycles. The molecule has 2 heterocycles. The van der Waals surface area contributed by atoms with E-state index in [0.717, 1.165) is 178 Å². The Bertz CT molecular complexity index is 3850. The average Bonchev–Trinajstić information content (AvgIpc) is 1.64. The van der Waals surface area contributed by atoms with Crippen LogP contribution in [0.15, 0.2) is 72.8 Å². The molecule has 25 nitrogen and oxygen atoms in total. The Morgan fingerprint density at radius 1 is 0.331 bits per heavy atom. The zero-order valence-corrected chi connectivity index (χ0v) is 91.1. The van der Waals surface area contributed by atoms with Gasteiger partial charge in [0.15, 0.2) is 0 Å². The molecule has 8 aliphatic carbocycles. The van der Waals surface area contributed by atoms with E-state index in [-0.39, 0.29) is 42.2 Å². The molecule has 0 radical (unpaired) electrons. The highest BCUT2D eigenvalue weighted by molar-refractivity contribution is 5.78. The topological polar surface area (TPSA) is 312 Å². The van der Waals surface area contributed by atoms with E-state index in [1.54, 1.807) is 26.2 Å². The first-order valence-corrected chi connectivity index (χ1v) is 51.8. The van der Waals surface area contributed by atoms with Gasteiger partial charge in [-0.2, -0.15) is 0 Å². The van der Waals surface area contributed by atoms with Crippen molar-refractivity contribution in [3.63, 3.8) is 0 Å². The van der Waals surface area contributed by atoms with E-state index < -0.39 is 0 Å². The van der Waals surface area contributed by atoms with Gasteiger partial charge in [-0.3, -0.25) is 0 Å². The van der Waals surface area contributed by atoms with Crippen LogP contribution < -0.4 is 68.2 Å². The van der Waals surface area contributed by atoms with Crippen LogP contribution in [-0.2, 0) is 19.6 Å². The number of nitrogens with two attached hydrogens (primary N) is 2. The fourth-order valence-electron chi connectivity index (χ4n) is 21.5. The number of rotatable bonds is 25. The summed E-state index contributed by atoms with van der Waals surface area (Å²) in [5.41, 5.74) is 16.6. The summed E-state index contributed by atoms with van der Waals surface area (Å²) in [6.45, 7) is 60.1. The van der Waals surface area contributed by atoms with Crippen molar-refractivity contribution in [3.8, 4) is 17.2 Å². The molecule has 0 unspecified atom stereocenters. The second-order valence-electron chi connectivity index (χ2n) is 51.9. The third kappa shape index (κ3) is 46.3. The summed E-state index contributed by atoms with van der Waals surface area (Å²) >= 11 is 0. The molecule has 136 heavy (non-hydrogen) atoms. The number of hydrogen-bond donors (Lipinski definition) is 10. The summed E-state index contributed by atoms with van der Waals surface area (Å²) in [5, 5.41) is 23.8. The Morgan fingerprint density at radius 3 is 0.765 bits per heavy atom. The van der Waals surface area contributed by atoms with Gasteiger partial charge in [-0.25, -0.2) is 33.6 Å². The van der Waals surface area contributed by atoms with E-state index in [2.05, 4.69) is 226 Å². The Hall–Kier alpha value is -8.09. The fraction of sp³-hybridized carbons (Fsp3) is 0.775. The minimum atomic E-state index is -0.390. The van der Waals surface area contributed by atoms with Gasteiger partial charge in [0, 0.05) is 115 Å². The maximum Gasteiger partial charge on any atom is 0.320 e. The minimum absolute atomic E-state index is 0.0139. The maximum atomic E-state index is 12.3. The summed E-state index contributed by atoms with van der Waals surface area (Å²) in [4.78, 5) is 90.1. The molecule has 12 N–H and O–H groups in total. The minimum Gasteiger partial charge on any atom is -0.497 e. The van der Waals surface area contributed by atoms with Gasteiger partial charge < -0.3 is 92.7 Å². The van der Waals surface area contributed by atoms with Crippen LogP contribution in [0, 0.1) is 90.7 Å². The van der Waals surface area contributed by atoms with Gasteiger partial charge in [0.25, 0.3) is 0 Å². The number of nitrogens with zero attached hydrogens (tertiary/aromatic N) is 5. The highest BCUT2D eigenvalue weighted by atomic mass is 16.5. The Labute approximate surface area is 825 Å². The standard InChI is InChI=1S/C19H30N2O2.2C18H28N2O2.2C13H24N2O.2C10H20N2O.C10H21N/c1-19(2,3)12-15-10-16(11-15)20-18(22)21(4)13-14-6-8-17(23-5)9-7-14;2*1-18(2,3)11-14-9-15(10-14)20-17(21)19-12-13-5-7-16(22-4)8-6-13;2*1-13(2,3)9-10-7-11(8-10)15-6-5-14(4)12(15)16;2*1-10(2,3)6-7-4-8(5-7)12-9(11)13;1-10(2,3)7-8-5-9(6-8)11-4/h6-9,15-16H,10-13H2,1-5H3,(H,20,22);2*5-8,14-15H,9-12H2,1-4H3,(H2,19,20,21);2*10-11H,5-9H2,1-4H3;2*7-8H,4-6H2,1-3H3,(H3,11,12,13);8-9,11H,5-7H2,1-4H3. The molecule has 3 aromatic rings. The van der Waals surface area contributed by atoms with Gasteiger partial charge in [-0.15, -0.1) is 0 Å². The van der Waals surface area contributed by atoms with E-state index >= 15 is 0 Å². The molecule has 10 aliphatic rings. The van der Waals surface area contributed by atoms with E-state index in [4.69, 9.17) is 25.7 Å². The van der Waals surface area contributed by atoms with Crippen molar-refractivity contribution in [2.45, 2.75) is 388 Å². The second kappa shape index (κ2) is 52.4. The van der Waals surface area contributed by atoms with Crippen molar-refractivity contribution in [1.82, 2.24) is 67.0 Å². The lowest BCUT2D eigenvalue weighted by atomic mass is 9.71. The van der Waals surface area contributed by atoms with Crippen molar-refractivity contribution in [2.24, 2.45) is 102 Å². The lowest BCUT2D eigenvalue weighted by Crippen LogP contribution is -2.49. The molecule has 2 saturated heterocycles. The maximum absolute atomic E-state index is 12.3. The molecular weight excluding hydrogens is 1700 g/mol. The molecule has 25 heteroatoms. The summed E-state index contributed by atoms with van der Waals surface area (Å²) < 4.78 is 15.4. The number of amides is 14. The molecular formula is C111H195N15O10. The van der Waals surface area contributed by atoms with E-state index in [1.165, 1.54) is 89.9 Å². The first-order chi connectivity index (χ1) is 62.9. The molecule has 0 bridgehead atoms. The number of ether oxygens (including phenoxy) is 3. The van der Waals surface area contributed by atoms with Gasteiger partial charge >= 0.3 is 42.2 Å². The third-order valence-corrected chi connectivity index (χ3v) is 27.7. The zero-order chi connectivity index (χ0) is 102. The van der Waals surface area contributed by atoms with Crippen LogP contribution in [0.1, 0.15) is 337 Å². The highest BCUT2D eigenvalue weighted by Crippen LogP contribution is 2.46. The predicted octanol–water partition coefficient (Wildman–Crippen LogP) is 22.8. The lowest BCUT2D eigenvalue weighted by Gasteiger charge is -2.43. The zero-order valence-electron chi connectivity index (χ0n) is 91.1. The van der Waals surface area contributed by atoms with Crippen LogP contribution >= 0.6 is 0 Å². The highest BCUT2D eigenvalue weighted by Gasteiger charge is 2.44. The number of benzene rings is 3. The Balaban J connectivity index is 0.000000241. The number of methoxy groups -OCH3 is 3. The summed E-state index contributed by atoms with van der Waals surface area (Å²) in [6, 6.07) is 26.4. The van der Waals surface area contributed by atoms with Crippen LogP contribution in [0.5, 0.6) is 17.2 Å². The first-order valence-electron chi connectivity index (χ1n) is 51.8. The number of primary amides is 2. The van der Waals surface area contributed by atoms with Crippen LogP contribution in [0.25, 0.3) is 0 Å². The molecule has 8 saturated carbocycles. The van der Waals surface area contributed by atoms with Gasteiger partial charge in [-0.05, 0) is 305 Å². The molecule has 0 aromatic heterocycles. The number of carbonyl (C=O) groups excluding carboxylic acids is 7. The Morgan fingerprint density at radius 2 is 0.551 bits per heavy atom. The van der Waals surface area contributed by atoms with Gasteiger partial charge in [0.1, 0.15) is 17.2 Å². The number of carbonyl (C=O) groups is 7. The lowest BCUT2D eigenvalue weighted by molar-refractivity contribution is 0.0869. The van der Waals surface area contributed by atoms with Crippen LogP contribution in [-0.4, -0.2) is 191 Å². The monoisotopic (exact) mass is 1900 g/mol. The largest absolute Gasteiger partial charge is 0.497 e. The van der Waals surface area contributed by atoms with Crippen LogP contribution in [0.2, 0.25) is 0 Å². The second-order valence-corrected chi connectivity index (χ2v) is 51.9. The van der Waals surface area contributed by atoms with Crippen molar-refractivity contribution in [2.75, 3.05) is 75.7 Å². The number of urea groups is 7. The molecule has 0 spiro atoms.